The van der Waals surface area contributed by atoms with E-state index in [9.17, 15) is 22.8 Å². The normalized spacial score (nSPS) is 11.4. The van der Waals surface area contributed by atoms with Gasteiger partial charge in [0, 0.05) is 31.4 Å². The first kappa shape index (κ1) is 23.9. The molecule has 1 aromatic carbocycles. The second-order valence-corrected chi connectivity index (χ2v) is 9.11. The zero-order valence-corrected chi connectivity index (χ0v) is 19.0. The maximum atomic E-state index is 12.6. The van der Waals surface area contributed by atoms with Gasteiger partial charge in [0.2, 0.25) is 5.91 Å². The van der Waals surface area contributed by atoms with E-state index in [4.69, 9.17) is 0 Å². The Balaban J connectivity index is 1.47. The maximum Gasteiger partial charge on any atom is 0.443 e. The minimum absolute atomic E-state index is 0.0388. The summed E-state index contributed by atoms with van der Waals surface area (Å²) in [6.45, 7) is 2.55. The zero-order chi connectivity index (χ0) is 23.3. The molecule has 32 heavy (non-hydrogen) atoms. The van der Waals surface area contributed by atoms with Crippen LogP contribution >= 0.6 is 22.7 Å². The number of aromatic nitrogens is 2. The van der Waals surface area contributed by atoms with Crippen LogP contribution in [0.1, 0.15) is 42.8 Å². The van der Waals surface area contributed by atoms with E-state index in [-0.39, 0.29) is 17.3 Å². The van der Waals surface area contributed by atoms with Crippen LogP contribution in [0.2, 0.25) is 0 Å². The fourth-order valence-corrected chi connectivity index (χ4v) is 4.36. The molecule has 0 saturated heterocycles. The first-order chi connectivity index (χ1) is 15.1. The summed E-state index contributed by atoms with van der Waals surface area (Å²) in [5.74, 6) is -0.569. The van der Waals surface area contributed by atoms with Gasteiger partial charge < -0.3 is 10.2 Å². The highest BCUT2D eigenvalue weighted by molar-refractivity contribution is 7.13. The van der Waals surface area contributed by atoms with Gasteiger partial charge in [0.1, 0.15) is 4.88 Å². The number of alkyl halides is 3. The Bertz CT molecular complexity index is 1080. The van der Waals surface area contributed by atoms with Gasteiger partial charge >= 0.3 is 6.18 Å². The van der Waals surface area contributed by atoms with Crippen LogP contribution in [0.15, 0.2) is 36.0 Å². The number of nitrogens with zero attached hydrogens (tertiary/aromatic N) is 3. The summed E-state index contributed by atoms with van der Waals surface area (Å²) in [7, 11) is 1.75. The Morgan fingerprint density at radius 1 is 1.12 bits per heavy atom. The van der Waals surface area contributed by atoms with Crippen molar-refractivity contribution in [1.29, 1.82) is 0 Å². The van der Waals surface area contributed by atoms with Gasteiger partial charge in [-0.05, 0) is 24.5 Å². The minimum atomic E-state index is -4.56. The number of thiazole rings is 2. The van der Waals surface area contributed by atoms with Crippen LogP contribution in [0, 0.1) is 6.92 Å². The SMILES string of the molecule is Cc1ncsc1CCC(=O)N(C)Cc1ccc(CNC(=O)c2cnc(C(F)(F)F)s2)cc1. The number of hydrogen-bond acceptors (Lipinski definition) is 6. The predicted molar refractivity (Wildman–Crippen MR) is 116 cm³/mol. The summed E-state index contributed by atoms with van der Waals surface area (Å²) < 4.78 is 37.8. The highest BCUT2D eigenvalue weighted by Gasteiger charge is 2.35. The van der Waals surface area contributed by atoms with Crippen LogP contribution in [0.4, 0.5) is 13.2 Å². The third kappa shape index (κ3) is 6.36. The molecule has 2 amide bonds. The van der Waals surface area contributed by atoms with E-state index in [1.807, 2.05) is 31.2 Å². The molecule has 3 aromatic rings. The van der Waals surface area contributed by atoms with Gasteiger partial charge in [-0.3, -0.25) is 9.59 Å². The van der Waals surface area contributed by atoms with Crippen molar-refractivity contribution in [3.8, 4) is 0 Å². The summed E-state index contributed by atoms with van der Waals surface area (Å²) in [6, 6.07) is 7.32. The van der Waals surface area contributed by atoms with Gasteiger partial charge in [-0.2, -0.15) is 13.2 Å². The molecule has 0 aliphatic carbocycles. The highest BCUT2D eigenvalue weighted by atomic mass is 32.1. The summed E-state index contributed by atoms with van der Waals surface area (Å²) in [5.41, 5.74) is 4.46. The van der Waals surface area contributed by atoms with Gasteiger partial charge in [-0.1, -0.05) is 24.3 Å². The number of aryl methyl sites for hydroxylation is 2. The van der Waals surface area contributed by atoms with Crippen molar-refractivity contribution in [3.63, 3.8) is 0 Å². The highest BCUT2D eigenvalue weighted by Crippen LogP contribution is 2.32. The number of rotatable bonds is 8. The molecule has 2 aromatic heterocycles. The van der Waals surface area contributed by atoms with Gasteiger partial charge in [-0.15, -0.1) is 22.7 Å². The topological polar surface area (TPSA) is 75.2 Å². The number of carbonyl (C=O) groups is 2. The molecule has 0 bridgehead atoms. The number of nitrogens with one attached hydrogen (secondary N) is 1. The van der Waals surface area contributed by atoms with Crippen molar-refractivity contribution in [2.75, 3.05) is 7.05 Å². The Kier molecular flexibility index (Phi) is 7.62. The second kappa shape index (κ2) is 10.2. The second-order valence-electron chi connectivity index (χ2n) is 7.14. The van der Waals surface area contributed by atoms with Crippen molar-refractivity contribution < 1.29 is 22.8 Å². The summed E-state index contributed by atoms with van der Waals surface area (Å²) >= 11 is 1.86. The fraction of sp³-hybridized carbons (Fsp3) is 0.333. The summed E-state index contributed by atoms with van der Waals surface area (Å²) in [6.07, 6.45) is -2.55. The Labute approximate surface area is 191 Å². The van der Waals surface area contributed by atoms with Crippen LogP contribution < -0.4 is 5.32 Å². The quantitative estimate of drug-likeness (QED) is 0.515. The smallest absolute Gasteiger partial charge is 0.347 e. The van der Waals surface area contributed by atoms with E-state index < -0.39 is 17.1 Å². The average Bonchev–Trinajstić information content (AvgIpc) is 3.40. The molecule has 170 valence electrons. The molecule has 2 heterocycles. The first-order valence-electron chi connectivity index (χ1n) is 9.65. The van der Waals surface area contributed by atoms with Crippen molar-refractivity contribution in [1.82, 2.24) is 20.2 Å². The largest absolute Gasteiger partial charge is 0.443 e. The van der Waals surface area contributed by atoms with Crippen molar-refractivity contribution in [2.24, 2.45) is 0 Å². The number of hydrogen-bond donors (Lipinski definition) is 1. The van der Waals surface area contributed by atoms with Crippen LogP contribution in [0.25, 0.3) is 0 Å². The van der Waals surface area contributed by atoms with Crippen LogP contribution in [0.5, 0.6) is 0 Å². The zero-order valence-electron chi connectivity index (χ0n) is 17.4. The molecule has 0 fully saturated rings. The Morgan fingerprint density at radius 3 is 2.41 bits per heavy atom. The maximum absolute atomic E-state index is 12.6. The standard InChI is InChI=1S/C21H21F3N4O2S2/c1-13-16(31-12-27-13)7-8-18(29)28(2)11-15-5-3-14(4-6-15)9-25-19(30)17-10-26-20(32-17)21(22,23)24/h3-6,10,12H,7-9,11H2,1-2H3,(H,25,30). The van der Waals surface area contributed by atoms with Gasteiger partial charge in [-0.25, -0.2) is 9.97 Å². The molecule has 0 unspecified atom stereocenters. The number of carbonyl (C=O) groups excluding carboxylic acids is 2. The summed E-state index contributed by atoms with van der Waals surface area (Å²) in [5, 5.41) is 1.54. The van der Waals surface area contributed by atoms with E-state index in [0.29, 0.717) is 30.7 Å². The summed E-state index contributed by atoms with van der Waals surface area (Å²) in [4.78, 5) is 34.6. The molecular weight excluding hydrogens is 461 g/mol. The van der Waals surface area contributed by atoms with Crippen molar-refractivity contribution in [3.05, 3.63) is 67.6 Å². The molecule has 1 N–H and O–H groups in total. The molecule has 0 saturated carbocycles. The molecule has 0 aliphatic rings. The van der Waals surface area contributed by atoms with Crippen molar-refractivity contribution >= 4 is 34.5 Å². The van der Waals surface area contributed by atoms with Gasteiger partial charge in [0.05, 0.1) is 17.4 Å². The molecule has 0 spiro atoms. The lowest BCUT2D eigenvalue weighted by atomic mass is 10.1. The molecule has 3 rings (SSSR count). The van der Waals surface area contributed by atoms with Gasteiger partial charge in [0.25, 0.3) is 5.91 Å². The third-order valence-electron chi connectivity index (χ3n) is 4.70. The molecule has 6 nitrogen and oxygen atoms in total. The monoisotopic (exact) mass is 482 g/mol. The average molecular weight is 483 g/mol. The number of halogens is 3. The van der Waals surface area contributed by atoms with Crippen LogP contribution in [0.3, 0.4) is 0 Å². The first-order valence-corrected chi connectivity index (χ1v) is 11.3. The van der Waals surface area contributed by atoms with E-state index >= 15 is 0 Å². The predicted octanol–water partition coefficient (Wildman–Crippen LogP) is 4.45. The molecule has 0 atom stereocenters. The van der Waals surface area contributed by atoms with E-state index in [2.05, 4.69) is 15.3 Å². The number of benzene rings is 1. The molecular formula is C21H21F3N4O2S2. The minimum Gasteiger partial charge on any atom is -0.347 e. The lowest BCUT2D eigenvalue weighted by Gasteiger charge is -2.17. The molecule has 0 radical (unpaired) electrons. The molecule has 0 aliphatic heterocycles. The van der Waals surface area contributed by atoms with Gasteiger partial charge in [0.15, 0.2) is 5.01 Å². The van der Waals surface area contributed by atoms with E-state index in [1.165, 1.54) is 0 Å². The van der Waals surface area contributed by atoms with E-state index in [1.54, 1.807) is 28.8 Å². The third-order valence-corrected chi connectivity index (χ3v) is 6.74. The van der Waals surface area contributed by atoms with E-state index in [0.717, 1.165) is 27.9 Å². The lowest BCUT2D eigenvalue weighted by molar-refractivity contribution is -0.137. The van der Waals surface area contributed by atoms with Crippen molar-refractivity contribution in [2.45, 2.75) is 39.0 Å². The number of amides is 2. The van der Waals surface area contributed by atoms with Crippen LogP contribution in [-0.4, -0.2) is 33.7 Å². The fourth-order valence-electron chi connectivity index (χ4n) is 2.88. The Morgan fingerprint density at radius 2 is 1.81 bits per heavy atom. The van der Waals surface area contributed by atoms with Crippen LogP contribution in [-0.2, 0) is 30.5 Å². The Hall–Kier alpha value is -2.79. The molecule has 11 heteroatoms. The lowest BCUT2D eigenvalue weighted by Crippen LogP contribution is -2.26.